The number of aromatic nitrogens is 2. The molecule has 2 aromatic rings. The van der Waals surface area contributed by atoms with E-state index in [0.29, 0.717) is 5.69 Å². The molecule has 0 aliphatic carbocycles. The van der Waals surface area contributed by atoms with Gasteiger partial charge in [-0.05, 0) is 12.1 Å². The van der Waals surface area contributed by atoms with Crippen LogP contribution in [0.5, 0.6) is 0 Å². The monoisotopic (exact) mass is 259 g/mol. The zero-order chi connectivity index (χ0) is 13.7. The molecular formula is C13H13N3O3. The van der Waals surface area contributed by atoms with Crippen molar-refractivity contribution in [1.82, 2.24) is 9.55 Å². The van der Waals surface area contributed by atoms with E-state index in [1.54, 1.807) is 12.1 Å². The van der Waals surface area contributed by atoms with E-state index in [0.717, 1.165) is 0 Å². The second-order valence-corrected chi connectivity index (χ2v) is 3.83. The number of hydrogen-bond donors (Lipinski definition) is 1. The van der Waals surface area contributed by atoms with Gasteiger partial charge in [-0.15, -0.1) is 0 Å². The van der Waals surface area contributed by atoms with E-state index in [-0.39, 0.29) is 18.1 Å². The number of esters is 1. The predicted molar refractivity (Wildman–Crippen MR) is 68.6 cm³/mol. The van der Waals surface area contributed by atoms with Gasteiger partial charge in [-0.25, -0.2) is 4.98 Å². The fourth-order valence-corrected chi connectivity index (χ4v) is 1.49. The number of anilines is 1. The smallest absolute Gasteiger partial charge is 0.325 e. The molecule has 0 spiro atoms. The summed E-state index contributed by atoms with van der Waals surface area (Å²) in [6.45, 7) is 0.0299. The second-order valence-electron chi connectivity index (χ2n) is 3.83. The van der Waals surface area contributed by atoms with E-state index in [2.05, 4.69) is 15.0 Å². The fraction of sp³-hybridized carbons (Fsp3) is 0.154. The third-order valence-electron chi connectivity index (χ3n) is 2.44. The van der Waals surface area contributed by atoms with Crippen molar-refractivity contribution in [2.24, 2.45) is 0 Å². The average molecular weight is 259 g/mol. The number of nitrogens with zero attached hydrogens (tertiary/aromatic N) is 2. The lowest BCUT2D eigenvalue weighted by atomic mass is 10.3. The van der Waals surface area contributed by atoms with Crippen LogP contribution >= 0.6 is 0 Å². The van der Waals surface area contributed by atoms with Crippen LogP contribution in [0.25, 0.3) is 0 Å². The number of para-hydroxylation sites is 1. The normalized spacial score (nSPS) is 9.95. The van der Waals surface area contributed by atoms with E-state index < -0.39 is 5.97 Å². The molecule has 1 aromatic heterocycles. The molecule has 19 heavy (non-hydrogen) atoms. The van der Waals surface area contributed by atoms with Gasteiger partial charge in [-0.1, -0.05) is 18.2 Å². The number of benzene rings is 1. The molecule has 6 heteroatoms. The number of amides is 1. The molecule has 1 N–H and O–H groups in total. The van der Waals surface area contributed by atoms with Crippen LogP contribution in [0.1, 0.15) is 10.5 Å². The highest BCUT2D eigenvalue weighted by atomic mass is 16.5. The van der Waals surface area contributed by atoms with Crippen LogP contribution in [0, 0.1) is 0 Å². The van der Waals surface area contributed by atoms with Gasteiger partial charge in [0.15, 0.2) is 0 Å². The first-order valence-corrected chi connectivity index (χ1v) is 5.64. The predicted octanol–water partition coefficient (Wildman–Crippen LogP) is 1.31. The van der Waals surface area contributed by atoms with Gasteiger partial charge in [0, 0.05) is 11.9 Å². The molecule has 0 fully saturated rings. The molecule has 0 unspecified atom stereocenters. The molecule has 1 amide bonds. The largest absolute Gasteiger partial charge is 0.468 e. The Morgan fingerprint density at radius 2 is 2.05 bits per heavy atom. The van der Waals surface area contributed by atoms with Crippen molar-refractivity contribution >= 4 is 17.6 Å². The number of carbonyl (C=O) groups excluding carboxylic acids is 2. The Morgan fingerprint density at radius 3 is 2.74 bits per heavy atom. The van der Waals surface area contributed by atoms with Gasteiger partial charge in [0.1, 0.15) is 12.2 Å². The third kappa shape index (κ3) is 3.41. The van der Waals surface area contributed by atoms with Crippen LogP contribution < -0.4 is 5.32 Å². The van der Waals surface area contributed by atoms with Gasteiger partial charge >= 0.3 is 5.97 Å². The highest BCUT2D eigenvalue weighted by molar-refractivity contribution is 6.02. The van der Waals surface area contributed by atoms with Gasteiger partial charge in [0.05, 0.1) is 13.4 Å². The Hall–Kier alpha value is -2.63. The van der Waals surface area contributed by atoms with E-state index >= 15 is 0 Å². The zero-order valence-electron chi connectivity index (χ0n) is 10.4. The standard InChI is InChI=1S/C13H13N3O3/c1-19-12(17)8-16-7-11(14-9-16)13(18)15-10-5-3-2-4-6-10/h2-7,9H,8H2,1H3,(H,15,18). The van der Waals surface area contributed by atoms with Crippen molar-refractivity contribution in [1.29, 1.82) is 0 Å². The zero-order valence-corrected chi connectivity index (χ0v) is 10.4. The van der Waals surface area contributed by atoms with Crippen LogP contribution in [-0.4, -0.2) is 28.5 Å². The Balaban J connectivity index is 2.02. The number of hydrogen-bond acceptors (Lipinski definition) is 4. The van der Waals surface area contributed by atoms with Crippen LogP contribution in [0.3, 0.4) is 0 Å². The van der Waals surface area contributed by atoms with Crippen molar-refractivity contribution in [3.8, 4) is 0 Å². The molecule has 0 aliphatic rings. The Bertz CT molecular complexity index is 578. The lowest BCUT2D eigenvalue weighted by molar-refractivity contribution is -0.141. The first-order valence-electron chi connectivity index (χ1n) is 5.64. The Morgan fingerprint density at radius 1 is 1.32 bits per heavy atom. The molecule has 98 valence electrons. The minimum atomic E-state index is -0.396. The number of methoxy groups -OCH3 is 1. The van der Waals surface area contributed by atoms with E-state index in [9.17, 15) is 9.59 Å². The third-order valence-corrected chi connectivity index (χ3v) is 2.44. The number of imidazole rings is 1. The summed E-state index contributed by atoms with van der Waals surface area (Å²) >= 11 is 0. The van der Waals surface area contributed by atoms with Crippen LogP contribution in [-0.2, 0) is 16.1 Å². The SMILES string of the molecule is COC(=O)Cn1cnc(C(=O)Nc2ccccc2)c1. The van der Waals surface area contributed by atoms with Crippen molar-refractivity contribution in [3.63, 3.8) is 0 Å². The minimum Gasteiger partial charge on any atom is -0.468 e. The average Bonchev–Trinajstić information content (AvgIpc) is 2.88. The maximum absolute atomic E-state index is 11.9. The van der Waals surface area contributed by atoms with Crippen molar-refractivity contribution in [2.75, 3.05) is 12.4 Å². The summed E-state index contributed by atoms with van der Waals surface area (Å²) in [7, 11) is 1.31. The second kappa shape index (κ2) is 5.81. The molecule has 0 saturated heterocycles. The molecular weight excluding hydrogens is 246 g/mol. The van der Waals surface area contributed by atoms with E-state index in [1.807, 2.05) is 18.2 Å². The highest BCUT2D eigenvalue weighted by Crippen LogP contribution is 2.07. The fourth-order valence-electron chi connectivity index (χ4n) is 1.49. The summed E-state index contributed by atoms with van der Waals surface area (Å²) in [5.74, 6) is -0.720. The highest BCUT2D eigenvalue weighted by Gasteiger charge is 2.11. The van der Waals surface area contributed by atoms with Crippen LogP contribution in [0.2, 0.25) is 0 Å². The van der Waals surface area contributed by atoms with Crippen molar-refractivity contribution in [3.05, 3.63) is 48.5 Å². The Kier molecular flexibility index (Phi) is 3.92. The first-order chi connectivity index (χ1) is 9.19. The van der Waals surface area contributed by atoms with E-state index in [1.165, 1.54) is 24.2 Å². The lowest BCUT2D eigenvalue weighted by Crippen LogP contribution is -2.13. The molecule has 2 rings (SSSR count). The summed E-state index contributed by atoms with van der Waals surface area (Å²) in [5.41, 5.74) is 0.933. The quantitative estimate of drug-likeness (QED) is 0.840. The van der Waals surface area contributed by atoms with Gasteiger partial charge in [-0.2, -0.15) is 0 Å². The maximum atomic E-state index is 11.9. The Labute approximate surface area is 110 Å². The molecule has 1 heterocycles. The van der Waals surface area contributed by atoms with E-state index in [4.69, 9.17) is 0 Å². The molecule has 1 aromatic carbocycles. The number of carbonyl (C=O) groups is 2. The van der Waals surface area contributed by atoms with Gasteiger partial charge in [0.2, 0.25) is 0 Å². The molecule has 0 aliphatic heterocycles. The minimum absolute atomic E-state index is 0.0299. The number of rotatable bonds is 4. The summed E-state index contributed by atoms with van der Waals surface area (Å²) < 4.78 is 6.02. The molecule has 0 saturated carbocycles. The molecule has 0 radical (unpaired) electrons. The van der Waals surface area contributed by atoms with Crippen molar-refractivity contribution < 1.29 is 14.3 Å². The number of nitrogens with one attached hydrogen (secondary N) is 1. The lowest BCUT2D eigenvalue weighted by Gasteiger charge is -2.02. The summed E-state index contributed by atoms with van der Waals surface area (Å²) in [4.78, 5) is 26.9. The van der Waals surface area contributed by atoms with Gasteiger partial charge in [-0.3, -0.25) is 9.59 Å². The molecule has 6 nitrogen and oxygen atoms in total. The first kappa shape index (κ1) is 12.8. The van der Waals surface area contributed by atoms with Crippen molar-refractivity contribution in [2.45, 2.75) is 6.54 Å². The van der Waals surface area contributed by atoms with Crippen LogP contribution in [0.15, 0.2) is 42.9 Å². The topological polar surface area (TPSA) is 73.2 Å². The summed E-state index contributed by atoms with van der Waals surface area (Å²) in [6.07, 6.45) is 2.91. The van der Waals surface area contributed by atoms with Gasteiger partial charge in [0.25, 0.3) is 5.91 Å². The molecule has 0 bridgehead atoms. The summed E-state index contributed by atoms with van der Waals surface area (Å²) in [6, 6.07) is 9.07. The summed E-state index contributed by atoms with van der Waals surface area (Å²) in [5, 5.41) is 2.71. The maximum Gasteiger partial charge on any atom is 0.325 e. The number of ether oxygens (including phenoxy) is 1. The van der Waals surface area contributed by atoms with Crippen LogP contribution in [0.4, 0.5) is 5.69 Å². The molecule has 0 atom stereocenters. The van der Waals surface area contributed by atoms with Gasteiger partial charge < -0.3 is 14.6 Å².